The number of benzene rings is 14. The zero-order valence-corrected chi connectivity index (χ0v) is 48.0. The number of hydrogen-bond donors (Lipinski definition) is 2. The van der Waals surface area contributed by atoms with E-state index in [0.717, 1.165) is 106 Å². The molecule has 0 aromatic heterocycles. The maximum atomic E-state index is 5.27. The second-order valence-electron chi connectivity index (χ2n) is 22.7. The van der Waals surface area contributed by atoms with Crippen molar-refractivity contribution in [1.29, 1.82) is 0 Å². The van der Waals surface area contributed by atoms with E-state index in [1.54, 1.807) is 0 Å². The number of nitrogens with one attached hydrogen (secondary N) is 2. The lowest BCUT2D eigenvalue weighted by atomic mass is 9.94. The molecule has 0 saturated heterocycles. The summed E-state index contributed by atoms with van der Waals surface area (Å²) in [4.78, 5) is 20.9. The SMILES string of the molecule is c1ccc(-c2ccc(-c3ccc(C4N=C(c5ccc6ccccc6c5)N=C(c5ccc6cc(-c7cccc(-c8cccc(-c9ccc(C%10N=C(c%11ccc%12ccccc%12c%11)N=C(c%11ccc%12ccccc%12c%11)N%10)cc9)c8)c7)ccc6c5)N4)cc3)cc2)cc1. The van der Waals surface area contributed by atoms with Crippen molar-refractivity contribution in [3.05, 3.63) is 349 Å². The van der Waals surface area contributed by atoms with Gasteiger partial charge in [0.05, 0.1) is 0 Å². The minimum absolute atomic E-state index is 0.340. The summed E-state index contributed by atoms with van der Waals surface area (Å²) in [6.07, 6.45) is -0.689. The van der Waals surface area contributed by atoms with E-state index in [4.69, 9.17) is 20.0 Å². The molecule has 0 fully saturated rings. The third-order valence-electron chi connectivity index (χ3n) is 17.1. The zero-order valence-electron chi connectivity index (χ0n) is 48.0. The van der Waals surface area contributed by atoms with Crippen molar-refractivity contribution in [2.24, 2.45) is 20.0 Å². The van der Waals surface area contributed by atoms with E-state index in [9.17, 15) is 0 Å². The molecular formula is C82H56N6. The van der Waals surface area contributed by atoms with Gasteiger partial charge in [-0.05, 0) is 152 Å². The molecular weight excluding hydrogens is 1070 g/mol. The fraction of sp³-hybridized carbons (Fsp3) is 0.0244. The third kappa shape index (κ3) is 10.4. The van der Waals surface area contributed by atoms with Gasteiger partial charge in [-0.1, -0.05) is 273 Å². The number of amidine groups is 4. The highest BCUT2D eigenvalue weighted by Gasteiger charge is 2.24. The van der Waals surface area contributed by atoms with Crippen molar-refractivity contribution in [3.63, 3.8) is 0 Å². The van der Waals surface area contributed by atoms with E-state index in [2.05, 4.69) is 326 Å². The summed E-state index contributed by atoms with van der Waals surface area (Å²) in [6, 6.07) is 113. The summed E-state index contributed by atoms with van der Waals surface area (Å²) in [6.45, 7) is 0. The Balaban J connectivity index is 0.652. The summed E-state index contributed by atoms with van der Waals surface area (Å²) in [5.74, 6) is 2.98. The van der Waals surface area contributed by atoms with Gasteiger partial charge in [-0.2, -0.15) is 0 Å². The first-order valence-electron chi connectivity index (χ1n) is 30.0. The predicted molar refractivity (Wildman–Crippen MR) is 367 cm³/mol. The quantitative estimate of drug-likeness (QED) is 0.135. The molecule has 16 rings (SSSR count). The Labute approximate surface area is 511 Å². The summed E-state index contributed by atoms with van der Waals surface area (Å²) >= 11 is 0. The van der Waals surface area contributed by atoms with Crippen LogP contribution in [0.2, 0.25) is 0 Å². The molecule has 2 N–H and O–H groups in total. The van der Waals surface area contributed by atoms with Crippen LogP contribution in [0.15, 0.2) is 335 Å². The number of hydrogen-bond acceptors (Lipinski definition) is 6. The lowest BCUT2D eigenvalue weighted by Crippen LogP contribution is -2.33. The molecule has 0 radical (unpaired) electrons. The largest absolute Gasteiger partial charge is 0.344 e. The predicted octanol–water partition coefficient (Wildman–Crippen LogP) is 19.6. The Morgan fingerprint density at radius 1 is 0.193 bits per heavy atom. The van der Waals surface area contributed by atoms with E-state index in [1.165, 1.54) is 38.2 Å². The van der Waals surface area contributed by atoms with E-state index in [0.29, 0.717) is 11.7 Å². The van der Waals surface area contributed by atoms with Gasteiger partial charge in [-0.25, -0.2) is 20.0 Å². The Hall–Kier alpha value is -11.6. The monoisotopic (exact) mass is 1120 g/mol. The van der Waals surface area contributed by atoms with Crippen LogP contribution in [-0.2, 0) is 0 Å². The highest BCUT2D eigenvalue weighted by molar-refractivity contribution is 6.16. The van der Waals surface area contributed by atoms with Crippen LogP contribution in [0.25, 0.3) is 98.7 Å². The van der Waals surface area contributed by atoms with Gasteiger partial charge in [0.15, 0.2) is 11.7 Å². The number of fused-ring (bicyclic) bond motifs is 4. The molecule has 2 atom stereocenters. The van der Waals surface area contributed by atoms with Crippen molar-refractivity contribution in [2.75, 3.05) is 0 Å². The van der Waals surface area contributed by atoms with E-state index in [1.807, 2.05) is 0 Å². The average molecular weight is 1130 g/mol. The molecule has 14 aromatic rings. The molecule has 0 spiro atoms. The molecule has 6 heteroatoms. The van der Waals surface area contributed by atoms with Gasteiger partial charge in [0.1, 0.15) is 24.0 Å². The lowest BCUT2D eigenvalue weighted by molar-refractivity contribution is 0.674. The Morgan fingerprint density at radius 3 is 0.886 bits per heavy atom. The summed E-state index contributed by atoms with van der Waals surface area (Å²) in [5.41, 5.74) is 17.7. The fourth-order valence-electron chi connectivity index (χ4n) is 12.3. The van der Waals surface area contributed by atoms with Crippen molar-refractivity contribution >= 4 is 66.4 Å². The van der Waals surface area contributed by atoms with E-state index in [-0.39, 0.29) is 12.3 Å². The third-order valence-corrected chi connectivity index (χ3v) is 17.1. The van der Waals surface area contributed by atoms with Crippen LogP contribution in [0.1, 0.15) is 45.7 Å². The van der Waals surface area contributed by atoms with Crippen molar-refractivity contribution in [3.8, 4) is 55.6 Å². The second-order valence-corrected chi connectivity index (χ2v) is 22.7. The van der Waals surface area contributed by atoms with Crippen molar-refractivity contribution in [2.45, 2.75) is 12.3 Å². The standard InChI is InChI=1S/C82H56N6/c1-2-12-53(13-3-1)57-24-26-58(27-25-57)59-28-35-61(36-29-59)77-83-81(75-44-34-56-16-6-9-19-65(56)51-75)88-82(86-77)76-45-41-71-48-70(39-40-72(71)52-76)69-23-11-22-68(47-69)67-21-10-20-66(46-67)60-30-37-62(38-31-60)78-84-79(73-42-32-54-14-4-7-17-63(54)49-73)87-80(85-78)74-43-33-55-15-5-8-18-64(55)50-74/h1-52,77-78H,(H,83,86,88)(H,84,85,87). The first-order valence-corrected chi connectivity index (χ1v) is 30.0. The van der Waals surface area contributed by atoms with Gasteiger partial charge in [0, 0.05) is 22.3 Å². The van der Waals surface area contributed by atoms with Gasteiger partial charge in [0.25, 0.3) is 0 Å². The molecule has 0 saturated carbocycles. The Kier molecular flexibility index (Phi) is 13.3. The summed E-state index contributed by atoms with van der Waals surface area (Å²) < 4.78 is 0. The first kappa shape index (κ1) is 52.0. The van der Waals surface area contributed by atoms with Crippen molar-refractivity contribution < 1.29 is 0 Å². The minimum Gasteiger partial charge on any atom is -0.344 e. The molecule has 6 nitrogen and oxygen atoms in total. The second kappa shape index (κ2) is 22.4. The zero-order chi connectivity index (χ0) is 58.3. The first-order chi connectivity index (χ1) is 43.5. The van der Waals surface area contributed by atoms with Crippen LogP contribution in [0, 0.1) is 0 Å². The van der Waals surface area contributed by atoms with Crippen LogP contribution in [-0.4, -0.2) is 23.3 Å². The van der Waals surface area contributed by atoms with Crippen LogP contribution in [0.3, 0.4) is 0 Å². The van der Waals surface area contributed by atoms with Gasteiger partial charge in [0.2, 0.25) is 0 Å². The topological polar surface area (TPSA) is 73.5 Å². The number of nitrogens with zero attached hydrogens (tertiary/aromatic N) is 4. The molecule has 2 unspecified atom stereocenters. The Morgan fingerprint density at radius 2 is 0.455 bits per heavy atom. The molecule has 414 valence electrons. The lowest BCUT2D eigenvalue weighted by Gasteiger charge is -2.24. The van der Waals surface area contributed by atoms with Gasteiger partial charge < -0.3 is 10.6 Å². The van der Waals surface area contributed by atoms with Gasteiger partial charge in [-0.15, -0.1) is 0 Å². The van der Waals surface area contributed by atoms with E-state index < -0.39 is 0 Å². The molecule has 2 aliphatic rings. The maximum absolute atomic E-state index is 5.27. The minimum atomic E-state index is -0.349. The summed E-state index contributed by atoms with van der Waals surface area (Å²) in [5, 5.41) is 16.8. The molecule has 0 bridgehead atoms. The fourth-order valence-corrected chi connectivity index (χ4v) is 12.3. The maximum Gasteiger partial charge on any atom is 0.159 e. The van der Waals surface area contributed by atoms with Crippen LogP contribution in [0.5, 0.6) is 0 Å². The highest BCUT2D eigenvalue weighted by Crippen LogP contribution is 2.35. The molecule has 2 heterocycles. The Bertz CT molecular complexity index is 5140. The number of rotatable bonds is 11. The molecule has 0 amide bonds. The molecule has 88 heavy (non-hydrogen) atoms. The highest BCUT2D eigenvalue weighted by atomic mass is 15.2. The van der Waals surface area contributed by atoms with E-state index >= 15 is 0 Å². The molecule has 2 aliphatic heterocycles. The summed E-state index contributed by atoms with van der Waals surface area (Å²) in [7, 11) is 0. The van der Waals surface area contributed by atoms with Crippen LogP contribution in [0.4, 0.5) is 0 Å². The van der Waals surface area contributed by atoms with Crippen LogP contribution < -0.4 is 10.6 Å². The average Bonchev–Trinajstić information content (AvgIpc) is 3.64. The van der Waals surface area contributed by atoms with Crippen molar-refractivity contribution in [1.82, 2.24) is 10.6 Å². The molecule has 14 aromatic carbocycles. The molecule has 0 aliphatic carbocycles. The van der Waals surface area contributed by atoms with Gasteiger partial charge in [-0.3, -0.25) is 0 Å². The normalized spacial score (nSPS) is 14.8. The van der Waals surface area contributed by atoms with Gasteiger partial charge >= 0.3 is 0 Å². The van der Waals surface area contributed by atoms with Crippen LogP contribution >= 0.6 is 0 Å². The number of aliphatic imine (C=N–C) groups is 4. The smallest absolute Gasteiger partial charge is 0.159 e.